The maximum atomic E-state index is 13.0. The van der Waals surface area contributed by atoms with Crippen LogP contribution in [-0.2, 0) is 26.4 Å². The molecule has 0 fully saturated rings. The van der Waals surface area contributed by atoms with Crippen LogP contribution in [0.4, 0.5) is 0 Å². The molecule has 0 aliphatic rings. The Kier molecular flexibility index (Phi) is 7.98. The topological polar surface area (TPSA) is 135 Å². The van der Waals surface area contributed by atoms with E-state index in [1.807, 2.05) is 19.1 Å². The zero-order valence-electron chi connectivity index (χ0n) is 18.6. The minimum atomic E-state index is -3.96. The molecule has 1 heterocycles. The first-order valence-corrected chi connectivity index (χ1v) is 12.4. The summed E-state index contributed by atoms with van der Waals surface area (Å²) in [5, 5.41) is 22.5. The molecular weight excluding hydrogens is 484 g/mol. The Morgan fingerprint density at radius 2 is 1.82 bits per heavy atom. The Hall–Kier alpha value is -2.92. The average Bonchev–Trinajstić information content (AvgIpc) is 3.12. The zero-order valence-corrected chi connectivity index (χ0v) is 20.2. The SMILES string of the molecule is Cc1cc(Cl)c2cc(C(=O)N[C@H](CO)c3ccc(S(=O)(=O)CC(=O)OCCO)cc3)n(C)c2c1. The van der Waals surface area contributed by atoms with Crippen molar-refractivity contribution in [3.05, 3.63) is 64.3 Å². The lowest BCUT2D eigenvalue weighted by molar-refractivity contribution is -0.141. The number of carbonyl (C=O) groups excluding carboxylic acids is 2. The van der Waals surface area contributed by atoms with Crippen molar-refractivity contribution in [2.75, 3.05) is 25.6 Å². The van der Waals surface area contributed by atoms with E-state index < -0.39 is 46.7 Å². The van der Waals surface area contributed by atoms with Gasteiger partial charge in [-0.2, -0.15) is 0 Å². The normalized spacial score (nSPS) is 12.5. The second kappa shape index (κ2) is 10.6. The third-order valence-corrected chi connectivity index (χ3v) is 7.20. The number of nitrogens with one attached hydrogen (secondary N) is 1. The van der Waals surface area contributed by atoms with E-state index in [4.69, 9.17) is 16.7 Å². The number of sulfone groups is 1. The summed E-state index contributed by atoms with van der Waals surface area (Å²) in [4.78, 5) is 24.4. The smallest absolute Gasteiger partial charge is 0.321 e. The molecule has 1 atom stereocenters. The summed E-state index contributed by atoms with van der Waals surface area (Å²) < 4.78 is 31.1. The van der Waals surface area contributed by atoms with E-state index >= 15 is 0 Å². The van der Waals surface area contributed by atoms with Crippen molar-refractivity contribution in [1.29, 1.82) is 0 Å². The Morgan fingerprint density at radius 1 is 1.15 bits per heavy atom. The number of halogens is 1. The van der Waals surface area contributed by atoms with Gasteiger partial charge in [0.2, 0.25) is 0 Å². The molecule has 1 amide bonds. The number of aliphatic hydroxyl groups excluding tert-OH is 2. The molecule has 0 spiro atoms. The van der Waals surface area contributed by atoms with Crippen molar-refractivity contribution in [1.82, 2.24) is 9.88 Å². The summed E-state index contributed by atoms with van der Waals surface area (Å²) in [6.07, 6.45) is 0. The largest absolute Gasteiger partial charge is 0.462 e. The molecule has 0 bridgehead atoms. The summed E-state index contributed by atoms with van der Waals surface area (Å²) in [6.45, 7) is 0.796. The predicted molar refractivity (Wildman–Crippen MR) is 126 cm³/mol. The van der Waals surface area contributed by atoms with Crippen LogP contribution in [0.15, 0.2) is 47.4 Å². The van der Waals surface area contributed by atoms with Crippen LogP contribution in [-0.4, -0.2) is 60.6 Å². The van der Waals surface area contributed by atoms with Crippen LogP contribution < -0.4 is 5.32 Å². The Labute approximate surface area is 201 Å². The molecule has 3 aromatic rings. The Morgan fingerprint density at radius 3 is 2.44 bits per heavy atom. The lowest BCUT2D eigenvalue weighted by Gasteiger charge is -2.17. The summed E-state index contributed by atoms with van der Waals surface area (Å²) in [6, 6.07) is 10.1. The molecule has 2 aromatic carbocycles. The van der Waals surface area contributed by atoms with Crippen molar-refractivity contribution in [2.45, 2.75) is 17.9 Å². The fourth-order valence-corrected chi connectivity index (χ4v) is 4.98. The van der Waals surface area contributed by atoms with Gasteiger partial charge in [0.05, 0.1) is 34.7 Å². The molecule has 11 heteroatoms. The molecule has 3 rings (SSSR count). The average molecular weight is 509 g/mol. The van der Waals surface area contributed by atoms with E-state index in [0.717, 1.165) is 16.5 Å². The van der Waals surface area contributed by atoms with Crippen LogP contribution in [0.3, 0.4) is 0 Å². The van der Waals surface area contributed by atoms with Gasteiger partial charge in [0.15, 0.2) is 15.6 Å². The highest BCUT2D eigenvalue weighted by molar-refractivity contribution is 7.92. The summed E-state index contributed by atoms with van der Waals surface area (Å²) >= 11 is 6.32. The monoisotopic (exact) mass is 508 g/mol. The molecule has 34 heavy (non-hydrogen) atoms. The standard InChI is InChI=1S/C23H25ClN2O7S/c1-14-9-18(24)17-11-21(26(2)20(17)10-14)23(30)25-19(12-28)15-3-5-16(6-4-15)34(31,32)13-22(29)33-8-7-27/h3-6,9-11,19,27-28H,7-8,12-13H2,1-2H3,(H,25,30)/t19-/m1/s1. The number of amides is 1. The van der Waals surface area contributed by atoms with Gasteiger partial charge >= 0.3 is 5.97 Å². The van der Waals surface area contributed by atoms with Crippen LogP contribution in [0, 0.1) is 6.92 Å². The van der Waals surface area contributed by atoms with Gasteiger partial charge in [0, 0.05) is 12.4 Å². The first-order valence-electron chi connectivity index (χ1n) is 10.3. The number of aromatic nitrogens is 1. The molecule has 9 nitrogen and oxygen atoms in total. The van der Waals surface area contributed by atoms with Crippen LogP contribution >= 0.6 is 11.6 Å². The third-order valence-electron chi connectivity index (χ3n) is 5.28. The minimum Gasteiger partial charge on any atom is -0.462 e. The molecule has 0 radical (unpaired) electrons. The maximum absolute atomic E-state index is 13.0. The highest BCUT2D eigenvalue weighted by Gasteiger charge is 2.23. The van der Waals surface area contributed by atoms with Gasteiger partial charge in [-0.15, -0.1) is 0 Å². The van der Waals surface area contributed by atoms with Crippen LogP contribution in [0.2, 0.25) is 5.02 Å². The number of benzene rings is 2. The van der Waals surface area contributed by atoms with Gasteiger partial charge < -0.3 is 24.8 Å². The van der Waals surface area contributed by atoms with Gasteiger partial charge in [0.1, 0.15) is 12.3 Å². The van der Waals surface area contributed by atoms with Crippen molar-refractivity contribution < 1.29 is 33.0 Å². The van der Waals surface area contributed by atoms with Crippen molar-refractivity contribution in [2.24, 2.45) is 7.05 Å². The van der Waals surface area contributed by atoms with E-state index in [0.29, 0.717) is 16.3 Å². The number of esters is 1. The quantitative estimate of drug-likeness (QED) is 0.376. The first-order chi connectivity index (χ1) is 16.1. The second-order valence-electron chi connectivity index (χ2n) is 7.75. The highest BCUT2D eigenvalue weighted by Crippen LogP contribution is 2.28. The number of aliphatic hydroxyl groups is 2. The number of hydrogen-bond acceptors (Lipinski definition) is 7. The fourth-order valence-electron chi connectivity index (χ4n) is 3.55. The molecule has 0 aliphatic heterocycles. The number of aryl methyl sites for hydroxylation is 2. The Balaban J connectivity index is 1.78. The molecule has 182 valence electrons. The Bertz CT molecular complexity index is 1320. The fraction of sp³-hybridized carbons (Fsp3) is 0.304. The molecule has 3 N–H and O–H groups in total. The van der Waals surface area contributed by atoms with Gasteiger partial charge in [0.25, 0.3) is 5.91 Å². The molecule has 0 saturated heterocycles. The van der Waals surface area contributed by atoms with Crippen LogP contribution in [0.1, 0.15) is 27.7 Å². The predicted octanol–water partition coefficient (Wildman–Crippen LogP) is 1.91. The first kappa shape index (κ1) is 25.7. The third kappa shape index (κ3) is 5.58. The van der Waals surface area contributed by atoms with Crippen molar-refractivity contribution in [3.8, 4) is 0 Å². The van der Waals surface area contributed by atoms with Gasteiger partial charge in [-0.25, -0.2) is 8.42 Å². The van der Waals surface area contributed by atoms with Crippen LogP contribution in [0.25, 0.3) is 10.9 Å². The van der Waals surface area contributed by atoms with E-state index in [2.05, 4.69) is 10.1 Å². The second-order valence-corrected chi connectivity index (χ2v) is 10.1. The number of fused-ring (bicyclic) bond motifs is 1. The minimum absolute atomic E-state index is 0.112. The number of nitrogens with zero attached hydrogens (tertiary/aromatic N) is 1. The van der Waals surface area contributed by atoms with E-state index in [9.17, 15) is 23.1 Å². The number of ether oxygens (including phenoxy) is 1. The molecule has 0 saturated carbocycles. The number of carbonyl (C=O) groups is 2. The van der Waals surface area contributed by atoms with Crippen molar-refractivity contribution >= 4 is 44.2 Å². The highest BCUT2D eigenvalue weighted by atomic mass is 35.5. The lowest BCUT2D eigenvalue weighted by Crippen LogP contribution is -2.32. The van der Waals surface area contributed by atoms with E-state index in [-0.39, 0.29) is 11.5 Å². The molecule has 0 unspecified atom stereocenters. The number of hydrogen-bond donors (Lipinski definition) is 3. The van der Waals surface area contributed by atoms with Crippen LogP contribution in [0.5, 0.6) is 0 Å². The summed E-state index contributed by atoms with van der Waals surface area (Å²) in [5.74, 6) is -2.27. The molecular formula is C23H25ClN2O7S. The van der Waals surface area contributed by atoms with Gasteiger partial charge in [-0.05, 0) is 48.4 Å². The summed E-state index contributed by atoms with van der Waals surface area (Å²) in [7, 11) is -2.21. The summed E-state index contributed by atoms with van der Waals surface area (Å²) in [5.41, 5.74) is 2.57. The maximum Gasteiger partial charge on any atom is 0.321 e. The molecule has 1 aromatic heterocycles. The van der Waals surface area contributed by atoms with Crippen molar-refractivity contribution in [3.63, 3.8) is 0 Å². The number of rotatable bonds is 9. The zero-order chi connectivity index (χ0) is 25.0. The van der Waals surface area contributed by atoms with E-state index in [1.165, 1.54) is 24.3 Å². The van der Waals surface area contributed by atoms with E-state index in [1.54, 1.807) is 17.7 Å². The van der Waals surface area contributed by atoms with Gasteiger partial charge in [-0.1, -0.05) is 23.7 Å². The lowest BCUT2D eigenvalue weighted by atomic mass is 10.1. The molecule has 0 aliphatic carbocycles. The van der Waals surface area contributed by atoms with Gasteiger partial charge in [-0.3, -0.25) is 9.59 Å².